The number of likely N-dealkylation sites (tertiary alicyclic amines) is 1. The number of benzene rings is 1. The lowest BCUT2D eigenvalue weighted by Crippen LogP contribution is -2.52. The third-order valence-electron chi connectivity index (χ3n) is 9.66. The zero-order valence-electron chi connectivity index (χ0n) is 27.5. The molecule has 2 aliphatic rings. The van der Waals surface area contributed by atoms with E-state index in [2.05, 4.69) is 19.2 Å². The number of rotatable bonds is 16. The van der Waals surface area contributed by atoms with Crippen molar-refractivity contribution in [2.24, 2.45) is 23.7 Å². The van der Waals surface area contributed by atoms with Crippen molar-refractivity contribution in [2.45, 2.75) is 117 Å². The maximum atomic E-state index is 13.8. The van der Waals surface area contributed by atoms with Crippen LogP contribution < -0.4 is 5.32 Å². The van der Waals surface area contributed by atoms with Gasteiger partial charge in [0.25, 0.3) is 0 Å². The van der Waals surface area contributed by atoms with Crippen molar-refractivity contribution in [1.29, 1.82) is 0 Å². The SMILES string of the molecule is CC[C@H](C)C([C@@H](CC(=O)N1CCC[C@H]1[C@H](C)[C@@H](C)C(=O)N[C@@H](Cc1ccccc1)C1OC1O)OC)N(C)C(=O)CC(C)C. The van der Waals surface area contributed by atoms with Gasteiger partial charge in [-0.25, -0.2) is 0 Å². The fourth-order valence-corrected chi connectivity index (χ4v) is 6.59. The van der Waals surface area contributed by atoms with Crippen LogP contribution in [0.5, 0.6) is 0 Å². The van der Waals surface area contributed by atoms with E-state index in [9.17, 15) is 19.5 Å². The standard InChI is InChI=1S/C34H55N3O6/c1-9-22(4)31(36(7)29(38)18-21(2)3)28(42-8)20-30(39)37-17-13-16-27(37)23(5)24(6)33(40)35-26(32-34(41)43-32)19-25-14-11-10-12-15-25/h10-12,14-15,21-24,26-28,31-32,34,41H,9,13,16-20H2,1-8H3,(H,35,40)/t22-,23+,24+,26-,27-,28+,31?,32?,34?/m0/s1. The summed E-state index contributed by atoms with van der Waals surface area (Å²) in [6, 6.07) is 9.24. The molecule has 0 aromatic heterocycles. The zero-order chi connectivity index (χ0) is 31.8. The second-order valence-corrected chi connectivity index (χ2v) is 13.2. The third kappa shape index (κ3) is 9.25. The number of amides is 3. The van der Waals surface area contributed by atoms with Crippen molar-refractivity contribution in [1.82, 2.24) is 15.1 Å². The molecule has 1 aromatic rings. The number of hydrogen-bond donors (Lipinski definition) is 2. The van der Waals surface area contributed by atoms with Gasteiger partial charge in [-0.15, -0.1) is 0 Å². The summed E-state index contributed by atoms with van der Waals surface area (Å²) >= 11 is 0. The Hall–Kier alpha value is -2.49. The topological polar surface area (TPSA) is 112 Å². The largest absolute Gasteiger partial charge is 0.379 e. The van der Waals surface area contributed by atoms with Gasteiger partial charge < -0.3 is 29.7 Å². The Morgan fingerprint density at radius 2 is 1.77 bits per heavy atom. The second-order valence-electron chi connectivity index (χ2n) is 13.2. The van der Waals surface area contributed by atoms with Gasteiger partial charge in [0.05, 0.1) is 24.6 Å². The molecule has 2 N–H and O–H groups in total. The third-order valence-corrected chi connectivity index (χ3v) is 9.66. The number of nitrogens with one attached hydrogen (secondary N) is 1. The Bertz CT molecular complexity index is 1050. The first-order chi connectivity index (χ1) is 20.4. The molecule has 2 heterocycles. The van der Waals surface area contributed by atoms with Crippen molar-refractivity contribution in [2.75, 3.05) is 20.7 Å². The molecule has 3 unspecified atom stereocenters. The maximum Gasteiger partial charge on any atom is 0.225 e. The minimum atomic E-state index is -0.864. The molecule has 0 saturated carbocycles. The van der Waals surface area contributed by atoms with Gasteiger partial charge in [0.1, 0.15) is 6.10 Å². The Labute approximate surface area is 258 Å². The molecular formula is C34H55N3O6. The number of nitrogens with zero attached hydrogens (tertiary/aromatic N) is 2. The van der Waals surface area contributed by atoms with Crippen LogP contribution in [0.3, 0.4) is 0 Å². The molecule has 242 valence electrons. The molecule has 2 saturated heterocycles. The van der Waals surface area contributed by atoms with Crippen LogP contribution in [0.25, 0.3) is 0 Å². The second kappa shape index (κ2) is 16.0. The summed E-state index contributed by atoms with van der Waals surface area (Å²) in [5.74, 6) is -0.0492. The van der Waals surface area contributed by atoms with Crippen LogP contribution in [0.15, 0.2) is 30.3 Å². The molecule has 0 bridgehead atoms. The predicted octanol–water partition coefficient (Wildman–Crippen LogP) is 4.02. The molecule has 3 rings (SSSR count). The Morgan fingerprint density at radius 1 is 1.12 bits per heavy atom. The molecule has 0 spiro atoms. The van der Waals surface area contributed by atoms with E-state index in [1.54, 1.807) is 12.0 Å². The lowest BCUT2D eigenvalue weighted by Gasteiger charge is -2.39. The van der Waals surface area contributed by atoms with E-state index >= 15 is 0 Å². The average molecular weight is 602 g/mol. The van der Waals surface area contributed by atoms with Gasteiger partial charge in [-0.05, 0) is 42.6 Å². The molecule has 2 aliphatic heterocycles. The van der Waals surface area contributed by atoms with Crippen LogP contribution in [0.4, 0.5) is 0 Å². The molecule has 43 heavy (non-hydrogen) atoms. The smallest absolute Gasteiger partial charge is 0.225 e. The Balaban J connectivity index is 1.67. The normalized spacial score (nSPS) is 24.1. The highest BCUT2D eigenvalue weighted by Gasteiger charge is 2.46. The number of ether oxygens (including phenoxy) is 2. The molecule has 9 nitrogen and oxygen atoms in total. The van der Waals surface area contributed by atoms with Gasteiger partial charge in [-0.2, -0.15) is 0 Å². The van der Waals surface area contributed by atoms with Crippen LogP contribution in [-0.4, -0.2) is 90.0 Å². The minimum Gasteiger partial charge on any atom is -0.379 e. The summed E-state index contributed by atoms with van der Waals surface area (Å²) in [6.45, 7) is 12.9. The van der Waals surface area contributed by atoms with Crippen molar-refractivity contribution >= 4 is 17.7 Å². The summed E-state index contributed by atoms with van der Waals surface area (Å²) in [5.41, 5.74) is 1.06. The number of methoxy groups -OCH3 is 1. The zero-order valence-corrected chi connectivity index (χ0v) is 27.5. The highest BCUT2D eigenvalue weighted by Crippen LogP contribution is 2.32. The summed E-state index contributed by atoms with van der Waals surface area (Å²) in [7, 11) is 3.45. The highest BCUT2D eigenvalue weighted by molar-refractivity contribution is 5.80. The molecule has 9 atom stereocenters. The van der Waals surface area contributed by atoms with E-state index in [0.29, 0.717) is 19.4 Å². The number of carbonyl (C=O) groups is 3. The van der Waals surface area contributed by atoms with Crippen LogP contribution in [0, 0.1) is 23.7 Å². The highest BCUT2D eigenvalue weighted by atomic mass is 16.7. The van der Waals surface area contributed by atoms with Crippen molar-refractivity contribution in [3.8, 4) is 0 Å². The molecule has 1 aromatic carbocycles. The quantitative estimate of drug-likeness (QED) is 0.277. The Kier molecular flexibility index (Phi) is 13.0. The first kappa shape index (κ1) is 35.0. The molecule has 0 aliphatic carbocycles. The van der Waals surface area contributed by atoms with E-state index in [0.717, 1.165) is 24.8 Å². The first-order valence-electron chi connectivity index (χ1n) is 16.1. The van der Waals surface area contributed by atoms with E-state index in [1.807, 2.05) is 70.0 Å². The van der Waals surface area contributed by atoms with E-state index in [1.165, 1.54) is 0 Å². The number of likely N-dealkylation sites (N-methyl/N-ethyl adjacent to an activating group) is 1. The Morgan fingerprint density at radius 3 is 2.33 bits per heavy atom. The van der Waals surface area contributed by atoms with Crippen LogP contribution in [-0.2, 0) is 30.3 Å². The maximum absolute atomic E-state index is 13.8. The summed E-state index contributed by atoms with van der Waals surface area (Å²) in [4.78, 5) is 44.0. The van der Waals surface area contributed by atoms with Crippen LogP contribution in [0.1, 0.15) is 79.2 Å². The fourth-order valence-electron chi connectivity index (χ4n) is 6.59. The van der Waals surface area contributed by atoms with Gasteiger partial charge in [-0.1, -0.05) is 78.3 Å². The molecule has 2 fully saturated rings. The van der Waals surface area contributed by atoms with Crippen LogP contribution in [0.2, 0.25) is 0 Å². The minimum absolute atomic E-state index is 0.00303. The van der Waals surface area contributed by atoms with Gasteiger partial charge in [0.15, 0.2) is 6.29 Å². The lowest BCUT2D eigenvalue weighted by molar-refractivity contribution is -0.144. The van der Waals surface area contributed by atoms with Crippen molar-refractivity contribution < 1.29 is 29.0 Å². The molecule has 3 amide bonds. The van der Waals surface area contributed by atoms with E-state index < -0.39 is 18.5 Å². The monoisotopic (exact) mass is 601 g/mol. The summed E-state index contributed by atoms with van der Waals surface area (Å²) in [5, 5.41) is 13.1. The predicted molar refractivity (Wildman–Crippen MR) is 167 cm³/mol. The fraction of sp³-hybridized carbons (Fsp3) is 0.735. The number of carbonyl (C=O) groups excluding carboxylic acids is 3. The van der Waals surface area contributed by atoms with Crippen molar-refractivity contribution in [3.63, 3.8) is 0 Å². The van der Waals surface area contributed by atoms with Gasteiger partial charge in [0.2, 0.25) is 17.7 Å². The van der Waals surface area contributed by atoms with Gasteiger partial charge in [-0.3, -0.25) is 14.4 Å². The summed E-state index contributed by atoms with van der Waals surface area (Å²) in [6.07, 6.45) is 2.07. The number of epoxide rings is 1. The average Bonchev–Trinajstić information content (AvgIpc) is 3.50. The first-order valence-corrected chi connectivity index (χ1v) is 16.1. The number of aliphatic hydroxyl groups excluding tert-OH is 1. The van der Waals surface area contributed by atoms with E-state index in [-0.39, 0.29) is 65.9 Å². The number of aliphatic hydroxyl groups is 1. The molecular weight excluding hydrogens is 546 g/mol. The lowest BCUT2D eigenvalue weighted by atomic mass is 9.86. The van der Waals surface area contributed by atoms with Gasteiger partial charge in [0, 0.05) is 39.1 Å². The molecule has 0 radical (unpaired) electrons. The number of hydrogen-bond acceptors (Lipinski definition) is 6. The van der Waals surface area contributed by atoms with Crippen molar-refractivity contribution in [3.05, 3.63) is 35.9 Å². The summed E-state index contributed by atoms with van der Waals surface area (Å²) < 4.78 is 11.2. The molecule has 9 heteroatoms. The van der Waals surface area contributed by atoms with Crippen LogP contribution >= 0.6 is 0 Å². The van der Waals surface area contributed by atoms with E-state index in [4.69, 9.17) is 9.47 Å². The van der Waals surface area contributed by atoms with Gasteiger partial charge >= 0.3 is 0 Å².